The van der Waals surface area contributed by atoms with Gasteiger partial charge in [-0.25, -0.2) is 4.79 Å². The number of carboxylic acids is 1. The molecule has 5 rings (SSSR count). The molecular weight excluding hydrogens is 460 g/mol. The molecule has 1 N–H and O–H groups in total. The van der Waals surface area contributed by atoms with E-state index in [0.717, 1.165) is 46.5 Å². The lowest BCUT2D eigenvalue weighted by atomic mass is 9.93. The molecule has 0 amide bonds. The van der Waals surface area contributed by atoms with E-state index < -0.39 is 5.97 Å². The first kappa shape index (κ1) is 24.6. The molecule has 0 radical (unpaired) electrons. The first-order valence-electron chi connectivity index (χ1n) is 13.0. The van der Waals surface area contributed by atoms with Crippen LogP contribution in [0, 0.1) is 0 Å². The van der Waals surface area contributed by atoms with Crippen molar-refractivity contribution in [2.24, 2.45) is 0 Å². The molecule has 3 aromatic carbocycles. The van der Waals surface area contributed by atoms with E-state index in [9.17, 15) is 9.90 Å². The van der Waals surface area contributed by atoms with Crippen LogP contribution >= 0.6 is 0 Å². The summed E-state index contributed by atoms with van der Waals surface area (Å²) in [6.07, 6.45) is 7.44. The van der Waals surface area contributed by atoms with Crippen LogP contribution in [-0.4, -0.2) is 20.9 Å². The Balaban J connectivity index is 1.59. The Kier molecular flexibility index (Phi) is 7.50. The summed E-state index contributed by atoms with van der Waals surface area (Å²) in [6, 6.07) is 28.7. The summed E-state index contributed by atoms with van der Waals surface area (Å²) >= 11 is 0. The van der Waals surface area contributed by atoms with Gasteiger partial charge in [0.05, 0.1) is 17.4 Å². The number of carboxylic acid groups (broad SMARTS) is 1. The lowest BCUT2D eigenvalue weighted by Crippen LogP contribution is -2.15. The van der Waals surface area contributed by atoms with Gasteiger partial charge >= 0.3 is 5.97 Å². The summed E-state index contributed by atoms with van der Waals surface area (Å²) in [5.74, 6) is -0.132. The molecule has 1 heterocycles. The first-order valence-corrected chi connectivity index (χ1v) is 13.0. The van der Waals surface area contributed by atoms with Crippen LogP contribution in [0.5, 0.6) is 5.75 Å². The molecule has 4 aromatic rings. The number of hydrogen-bond acceptors (Lipinski definition) is 3. The molecule has 0 aliphatic heterocycles. The Labute approximate surface area is 218 Å². The van der Waals surface area contributed by atoms with E-state index in [1.165, 1.54) is 19.3 Å². The van der Waals surface area contributed by atoms with Crippen molar-refractivity contribution in [3.63, 3.8) is 0 Å². The van der Waals surface area contributed by atoms with Crippen LogP contribution < -0.4 is 4.74 Å². The quantitative estimate of drug-likeness (QED) is 0.255. The van der Waals surface area contributed by atoms with E-state index in [-0.39, 0.29) is 11.6 Å². The SMILES string of the molecule is CC(=Cc1nn(C2CCCCC2)c(-c2ccc(OCc3ccccc3)cc2)c1-c1ccccc1)C(=O)O. The molecule has 5 heteroatoms. The number of carbonyl (C=O) groups is 1. The van der Waals surface area contributed by atoms with Crippen LogP contribution in [0.2, 0.25) is 0 Å². The topological polar surface area (TPSA) is 64.4 Å². The number of ether oxygens (including phenoxy) is 1. The predicted octanol–water partition coefficient (Wildman–Crippen LogP) is 7.79. The summed E-state index contributed by atoms with van der Waals surface area (Å²) in [5.41, 5.74) is 6.13. The fourth-order valence-corrected chi connectivity index (χ4v) is 5.03. The van der Waals surface area contributed by atoms with E-state index in [0.29, 0.717) is 12.3 Å². The minimum absolute atomic E-state index is 0.265. The zero-order valence-electron chi connectivity index (χ0n) is 21.1. The van der Waals surface area contributed by atoms with Gasteiger partial charge in [0.2, 0.25) is 0 Å². The van der Waals surface area contributed by atoms with E-state index in [2.05, 4.69) is 41.1 Å². The Morgan fingerprint density at radius 2 is 1.57 bits per heavy atom. The lowest BCUT2D eigenvalue weighted by molar-refractivity contribution is -0.132. The first-order chi connectivity index (χ1) is 18.1. The highest BCUT2D eigenvalue weighted by atomic mass is 16.5. The Morgan fingerprint density at radius 1 is 0.919 bits per heavy atom. The van der Waals surface area contributed by atoms with Crippen molar-refractivity contribution in [3.8, 4) is 28.1 Å². The monoisotopic (exact) mass is 492 g/mol. The van der Waals surface area contributed by atoms with Gasteiger partial charge in [-0.05, 0) is 61.2 Å². The molecule has 1 aromatic heterocycles. The van der Waals surface area contributed by atoms with Gasteiger partial charge in [-0.1, -0.05) is 79.9 Å². The predicted molar refractivity (Wildman–Crippen MR) is 147 cm³/mol. The number of benzene rings is 3. The van der Waals surface area contributed by atoms with Crippen molar-refractivity contribution < 1.29 is 14.6 Å². The number of nitrogens with zero attached hydrogens (tertiary/aromatic N) is 2. The van der Waals surface area contributed by atoms with E-state index in [1.807, 2.05) is 48.5 Å². The van der Waals surface area contributed by atoms with Gasteiger partial charge < -0.3 is 9.84 Å². The third-order valence-corrected chi connectivity index (χ3v) is 6.99. The van der Waals surface area contributed by atoms with Gasteiger partial charge in [0.15, 0.2) is 0 Å². The normalized spacial score (nSPS) is 14.5. The molecule has 0 unspecified atom stereocenters. The zero-order valence-corrected chi connectivity index (χ0v) is 21.1. The molecular formula is C32H32N2O3. The van der Waals surface area contributed by atoms with Crippen LogP contribution in [0.4, 0.5) is 0 Å². The van der Waals surface area contributed by atoms with Crippen LogP contribution in [0.1, 0.15) is 56.3 Å². The van der Waals surface area contributed by atoms with Gasteiger partial charge in [0, 0.05) is 16.7 Å². The molecule has 0 bridgehead atoms. The number of rotatable bonds is 8. The summed E-state index contributed by atoms with van der Waals surface area (Å²) in [5, 5.41) is 14.6. The molecule has 1 saturated carbocycles. The largest absolute Gasteiger partial charge is 0.489 e. The second-order valence-corrected chi connectivity index (χ2v) is 9.64. The number of hydrogen-bond donors (Lipinski definition) is 1. The second-order valence-electron chi connectivity index (χ2n) is 9.64. The molecule has 0 atom stereocenters. The molecule has 0 saturated heterocycles. The van der Waals surface area contributed by atoms with Crippen molar-refractivity contribution in [2.45, 2.75) is 51.7 Å². The number of aliphatic carboxylic acids is 1. The van der Waals surface area contributed by atoms with E-state index in [4.69, 9.17) is 9.84 Å². The van der Waals surface area contributed by atoms with Gasteiger partial charge in [-0.2, -0.15) is 5.10 Å². The smallest absolute Gasteiger partial charge is 0.331 e. The third kappa shape index (κ3) is 5.67. The Morgan fingerprint density at radius 3 is 2.22 bits per heavy atom. The van der Waals surface area contributed by atoms with Gasteiger partial charge in [-0.3, -0.25) is 4.68 Å². The fraction of sp³-hybridized carbons (Fsp3) is 0.250. The summed E-state index contributed by atoms with van der Waals surface area (Å²) in [6.45, 7) is 2.13. The highest BCUT2D eigenvalue weighted by Crippen LogP contribution is 2.41. The number of aromatic nitrogens is 2. The second kappa shape index (κ2) is 11.3. The molecule has 188 valence electrons. The highest BCUT2D eigenvalue weighted by Gasteiger charge is 2.26. The third-order valence-electron chi connectivity index (χ3n) is 6.99. The van der Waals surface area contributed by atoms with Crippen LogP contribution in [0.3, 0.4) is 0 Å². The molecule has 1 aliphatic rings. The lowest BCUT2D eigenvalue weighted by Gasteiger charge is -2.24. The van der Waals surface area contributed by atoms with Crippen molar-refractivity contribution in [2.75, 3.05) is 0 Å². The summed E-state index contributed by atoms with van der Waals surface area (Å²) in [4.78, 5) is 11.7. The molecule has 37 heavy (non-hydrogen) atoms. The van der Waals surface area contributed by atoms with Gasteiger partial charge in [0.25, 0.3) is 0 Å². The fourth-order valence-electron chi connectivity index (χ4n) is 5.03. The Bertz CT molecular complexity index is 1370. The maximum atomic E-state index is 11.7. The maximum absolute atomic E-state index is 11.7. The maximum Gasteiger partial charge on any atom is 0.331 e. The molecule has 5 nitrogen and oxygen atoms in total. The summed E-state index contributed by atoms with van der Waals surface area (Å²) < 4.78 is 8.19. The van der Waals surface area contributed by atoms with Gasteiger partial charge in [0.1, 0.15) is 12.4 Å². The highest BCUT2D eigenvalue weighted by molar-refractivity contribution is 5.95. The van der Waals surface area contributed by atoms with Crippen LogP contribution in [0.25, 0.3) is 28.5 Å². The standard InChI is InChI=1S/C32H32N2O3/c1-23(32(35)36)21-29-30(25-13-7-3-8-14-25)31(34(33-29)27-15-9-4-10-16-27)26-17-19-28(20-18-26)37-22-24-11-5-2-6-12-24/h2-3,5-8,11-14,17-21,27H,4,9-10,15-16,22H2,1H3,(H,35,36). The average Bonchev–Trinajstić information content (AvgIpc) is 3.32. The molecule has 1 aliphatic carbocycles. The van der Waals surface area contributed by atoms with Crippen molar-refractivity contribution >= 4 is 12.0 Å². The van der Waals surface area contributed by atoms with Crippen LogP contribution in [0.15, 0.2) is 90.5 Å². The van der Waals surface area contributed by atoms with Crippen LogP contribution in [-0.2, 0) is 11.4 Å². The molecule has 0 spiro atoms. The van der Waals surface area contributed by atoms with Crippen molar-refractivity contribution in [1.29, 1.82) is 0 Å². The molecule has 1 fully saturated rings. The summed E-state index contributed by atoms with van der Waals surface area (Å²) in [7, 11) is 0. The zero-order chi connectivity index (χ0) is 25.6. The average molecular weight is 493 g/mol. The van der Waals surface area contributed by atoms with Crippen molar-refractivity contribution in [3.05, 3.63) is 102 Å². The Hall–Kier alpha value is -4.12. The minimum Gasteiger partial charge on any atom is -0.489 e. The van der Waals surface area contributed by atoms with E-state index >= 15 is 0 Å². The van der Waals surface area contributed by atoms with Crippen molar-refractivity contribution in [1.82, 2.24) is 9.78 Å². The van der Waals surface area contributed by atoms with E-state index in [1.54, 1.807) is 13.0 Å². The van der Waals surface area contributed by atoms with Gasteiger partial charge in [-0.15, -0.1) is 0 Å². The minimum atomic E-state index is -0.937.